The van der Waals surface area contributed by atoms with E-state index >= 15 is 0 Å². The van der Waals surface area contributed by atoms with Gasteiger partial charge < -0.3 is 20.5 Å². The first kappa shape index (κ1) is 20.3. The van der Waals surface area contributed by atoms with E-state index in [9.17, 15) is 9.90 Å². The standard InChI is InChI=1S/C22H29N3O3/c1-23-10-12-28-21-8-4-7-18(13-21)22(27)24-14-20(26)16-25-11-9-17-5-2-3-6-19(17)15-25/h2-8,13,20,23,26H,9-12,14-16H2,1H3,(H,24,27). The summed E-state index contributed by atoms with van der Waals surface area (Å²) in [6.45, 7) is 3.81. The molecule has 6 nitrogen and oxygen atoms in total. The maximum atomic E-state index is 12.4. The molecule has 6 heteroatoms. The summed E-state index contributed by atoms with van der Waals surface area (Å²) in [5, 5.41) is 16.2. The van der Waals surface area contributed by atoms with Crippen LogP contribution in [0.25, 0.3) is 0 Å². The zero-order valence-corrected chi connectivity index (χ0v) is 16.4. The van der Waals surface area contributed by atoms with E-state index in [4.69, 9.17) is 4.74 Å². The Morgan fingerprint density at radius 3 is 2.86 bits per heavy atom. The number of amides is 1. The van der Waals surface area contributed by atoms with E-state index in [0.29, 0.717) is 24.5 Å². The molecule has 0 saturated heterocycles. The van der Waals surface area contributed by atoms with Crippen molar-refractivity contribution in [3.05, 3.63) is 65.2 Å². The summed E-state index contributed by atoms with van der Waals surface area (Å²) in [6.07, 6.45) is 0.388. The number of carbonyl (C=O) groups excluding carboxylic acids is 1. The van der Waals surface area contributed by atoms with Crippen LogP contribution in [0.5, 0.6) is 5.75 Å². The molecule has 0 saturated carbocycles. The molecule has 0 bridgehead atoms. The molecule has 2 aromatic carbocycles. The predicted molar refractivity (Wildman–Crippen MR) is 110 cm³/mol. The second-order valence-corrected chi connectivity index (χ2v) is 7.10. The van der Waals surface area contributed by atoms with Gasteiger partial charge in [-0.1, -0.05) is 30.3 Å². The summed E-state index contributed by atoms with van der Waals surface area (Å²) in [5.74, 6) is 0.456. The van der Waals surface area contributed by atoms with Crippen molar-refractivity contribution in [1.29, 1.82) is 0 Å². The van der Waals surface area contributed by atoms with Crippen LogP contribution in [0, 0.1) is 0 Å². The van der Waals surface area contributed by atoms with Crippen LogP contribution < -0.4 is 15.4 Å². The van der Waals surface area contributed by atoms with E-state index in [1.807, 2.05) is 13.1 Å². The minimum atomic E-state index is -0.607. The largest absolute Gasteiger partial charge is 0.492 e. The zero-order valence-electron chi connectivity index (χ0n) is 16.4. The molecular formula is C22H29N3O3. The third-order valence-corrected chi connectivity index (χ3v) is 4.89. The molecule has 1 amide bonds. The van der Waals surface area contributed by atoms with Gasteiger partial charge in [-0.05, 0) is 42.8 Å². The van der Waals surface area contributed by atoms with Gasteiger partial charge in [-0.3, -0.25) is 9.69 Å². The quantitative estimate of drug-likeness (QED) is 0.572. The fourth-order valence-corrected chi connectivity index (χ4v) is 3.38. The number of hydrogen-bond donors (Lipinski definition) is 3. The zero-order chi connectivity index (χ0) is 19.8. The summed E-state index contributed by atoms with van der Waals surface area (Å²) < 4.78 is 5.59. The van der Waals surface area contributed by atoms with Crippen LogP contribution in [-0.4, -0.2) is 61.9 Å². The van der Waals surface area contributed by atoms with Gasteiger partial charge >= 0.3 is 0 Å². The number of nitrogens with zero attached hydrogens (tertiary/aromatic N) is 1. The number of hydrogen-bond acceptors (Lipinski definition) is 5. The van der Waals surface area contributed by atoms with Crippen LogP contribution >= 0.6 is 0 Å². The van der Waals surface area contributed by atoms with Gasteiger partial charge in [0.15, 0.2) is 0 Å². The Morgan fingerprint density at radius 1 is 1.21 bits per heavy atom. The van der Waals surface area contributed by atoms with E-state index in [1.54, 1.807) is 18.2 Å². The van der Waals surface area contributed by atoms with Crippen molar-refractivity contribution >= 4 is 5.91 Å². The van der Waals surface area contributed by atoms with E-state index in [-0.39, 0.29) is 12.5 Å². The molecule has 1 heterocycles. The molecule has 3 rings (SSSR count). The number of ether oxygens (including phenoxy) is 1. The van der Waals surface area contributed by atoms with Crippen LogP contribution in [0.1, 0.15) is 21.5 Å². The van der Waals surface area contributed by atoms with Crippen molar-refractivity contribution in [3.8, 4) is 5.75 Å². The van der Waals surface area contributed by atoms with Crippen molar-refractivity contribution in [1.82, 2.24) is 15.5 Å². The summed E-state index contributed by atoms with van der Waals surface area (Å²) in [4.78, 5) is 14.6. The Balaban J connectivity index is 1.45. The third-order valence-electron chi connectivity index (χ3n) is 4.89. The topological polar surface area (TPSA) is 73.8 Å². The third kappa shape index (κ3) is 5.79. The molecule has 1 atom stereocenters. The van der Waals surface area contributed by atoms with E-state index in [2.05, 4.69) is 39.8 Å². The van der Waals surface area contributed by atoms with Gasteiger partial charge in [0.05, 0.1) is 6.10 Å². The van der Waals surface area contributed by atoms with Gasteiger partial charge in [0.25, 0.3) is 5.91 Å². The number of carbonyl (C=O) groups is 1. The van der Waals surface area contributed by atoms with E-state index in [0.717, 1.165) is 26.1 Å². The van der Waals surface area contributed by atoms with Crippen LogP contribution in [0.3, 0.4) is 0 Å². The van der Waals surface area contributed by atoms with Crippen molar-refractivity contribution < 1.29 is 14.6 Å². The predicted octanol–water partition coefficient (Wildman–Crippen LogP) is 1.43. The maximum absolute atomic E-state index is 12.4. The van der Waals surface area contributed by atoms with Crippen LogP contribution in [0.4, 0.5) is 0 Å². The average molecular weight is 383 g/mol. The molecular weight excluding hydrogens is 354 g/mol. The van der Waals surface area contributed by atoms with Gasteiger partial charge in [-0.15, -0.1) is 0 Å². The Morgan fingerprint density at radius 2 is 2.04 bits per heavy atom. The number of aliphatic hydroxyl groups is 1. The lowest BCUT2D eigenvalue weighted by molar-refractivity contribution is 0.0841. The Bertz CT molecular complexity index is 781. The molecule has 150 valence electrons. The summed E-state index contributed by atoms with van der Waals surface area (Å²) in [6, 6.07) is 15.5. The summed E-state index contributed by atoms with van der Waals surface area (Å²) in [7, 11) is 1.86. The minimum Gasteiger partial charge on any atom is -0.492 e. The number of benzene rings is 2. The second kappa shape index (κ2) is 10.2. The fourth-order valence-electron chi connectivity index (χ4n) is 3.38. The lowest BCUT2D eigenvalue weighted by Crippen LogP contribution is -2.42. The number of nitrogens with one attached hydrogen (secondary N) is 2. The molecule has 3 N–H and O–H groups in total. The van der Waals surface area contributed by atoms with E-state index in [1.165, 1.54) is 11.1 Å². The molecule has 1 aliphatic rings. The van der Waals surface area contributed by atoms with Gasteiger partial charge in [0.1, 0.15) is 12.4 Å². The van der Waals surface area contributed by atoms with Crippen molar-refractivity contribution in [2.24, 2.45) is 0 Å². The normalized spacial score (nSPS) is 14.9. The SMILES string of the molecule is CNCCOc1cccc(C(=O)NCC(O)CN2CCc3ccccc3C2)c1. The highest BCUT2D eigenvalue weighted by molar-refractivity contribution is 5.94. The lowest BCUT2D eigenvalue weighted by atomic mass is 10.00. The Hall–Kier alpha value is -2.41. The Labute approximate surface area is 166 Å². The molecule has 1 aliphatic heterocycles. The molecule has 1 unspecified atom stereocenters. The van der Waals surface area contributed by atoms with Crippen molar-refractivity contribution in [2.75, 3.05) is 39.8 Å². The first-order chi connectivity index (χ1) is 13.7. The monoisotopic (exact) mass is 383 g/mol. The number of aliphatic hydroxyl groups excluding tert-OH is 1. The molecule has 0 aliphatic carbocycles. The number of β-amino-alcohol motifs (C(OH)–C–C–N with tert-alkyl or cyclic N) is 1. The van der Waals surface area contributed by atoms with Gasteiger partial charge in [0, 0.05) is 38.3 Å². The smallest absolute Gasteiger partial charge is 0.251 e. The second-order valence-electron chi connectivity index (χ2n) is 7.10. The highest BCUT2D eigenvalue weighted by atomic mass is 16.5. The van der Waals surface area contributed by atoms with Crippen LogP contribution in [0.15, 0.2) is 48.5 Å². The average Bonchev–Trinajstić information content (AvgIpc) is 2.72. The minimum absolute atomic E-state index is 0.206. The first-order valence-corrected chi connectivity index (χ1v) is 9.78. The van der Waals surface area contributed by atoms with Gasteiger partial charge in [-0.25, -0.2) is 0 Å². The highest BCUT2D eigenvalue weighted by Crippen LogP contribution is 2.18. The van der Waals surface area contributed by atoms with Gasteiger partial charge in [-0.2, -0.15) is 0 Å². The molecule has 0 fully saturated rings. The molecule has 0 spiro atoms. The number of fused-ring (bicyclic) bond motifs is 1. The van der Waals surface area contributed by atoms with Crippen LogP contribution in [-0.2, 0) is 13.0 Å². The van der Waals surface area contributed by atoms with Crippen molar-refractivity contribution in [2.45, 2.75) is 19.1 Å². The van der Waals surface area contributed by atoms with Crippen molar-refractivity contribution in [3.63, 3.8) is 0 Å². The molecule has 28 heavy (non-hydrogen) atoms. The first-order valence-electron chi connectivity index (χ1n) is 9.78. The molecule has 0 radical (unpaired) electrons. The Kier molecular flexibility index (Phi) is 7.42. The van der Waals surface area contributed by atoms with Gasteiger partial charge in [0.2, 0.25) is 0 Å². The lowest BCUT2D eigenvalue weighted by Gasteiger charge is -2.30. The number of rotatable bonds is 9. The maximum Gasteiger partial charge on any atom is 0.251 e. The number of likely N-dealkylation sites (N-methyl/N-ethyl adjacent to an activating group) is 1. The van der Waals surface area contributed by atoms with Crippen LogP contribution in [0.2, 0.25) is 0 Å². The molecule has 2 aromatic rings. The fraction of sp³-hybridized carbons (Fsp3) is 0.409. The van der Waals surface area contributed by atoms with E-state index < -0.39 is 6.10 Å². The summed E-state index contributed by atoms with van der Waals surface area (Å²) in [5.41, 5.74) is 3.24. The molecule has 0 aromatic heterocycles. The highest BCUT2D eigenvalue weighted by Gasteiger charge is 2.19. The summed E-state index contributed by atoms with van der Waals surface area (Å²) >= 11 is 0.